The Kier molecular flexibility index (Phi) is 19.7. The monoisotopic (exact) mass is 874 g/mol. The number of carbonyl (C=O) groups excluding carboxylic acids is 6. The van der Waals surface area contributed by atoms with Crippen LogP contribution in [0.3, 0.4) is 0 Å². The number of hydrogen-bond donors (Lipinski definition) is 11. The van der Waals surface area contributed by atoms with Crippen molar-refractivity contribution in [2.45, 2.75) is 115 Å². The van der Waals surface area contributed by atoms with Gasteiger partial charge in [-0.2, -0.15) is 0 Å². The number of ketones is 1. The summed E-state index contributed by atoms with van der Waals surface area (Å²) in [5.41, 5.74) is 16.4. The lowest BCUT2D eigenvalue weighted by Gasteiger charge is -2.25. The fourth-order valence-corrected chi connectivity index (χ4v) is 6.26. The molecule has 342 valence electrons. The van der Waals surface area contributed by atoms with E-state index in [4.69, 9.17) is 26.7 Å². The summed E-state index contributed by atoms with van der Waals surface area (Å²) in [5.74, 6) is -4.93. The number of aliphatic hydroxyl groups excluding tert-OH is 2. The highest BCUT2D eigenvalue weighted by molar-refractivity contribution is 5.95. The second-order valence-corrected chi connectivity index (χ2v) is 14.9. The number of benzene rings is 1. The van der Waals surface area contributed by atoms with E-state index >= 15 is 0 Å². The molecule has 23 heteroatoms. The molecule has 1 aliphatic heterocycles. The first-order valence-electron chi connectivity index (χ1n) is 20.1. The van der Waals surface area contributed by atoms with Crippen LogP contribution in [0.1, 0.15) is 76.1 Å². The summed E-state index contributed by atoms with van der Waals surface area (Å²) in [6.07, 6.45) is -2.28. The van der Waals surface area contributed by atoms with Gasteiger partial charge in [0.2, 0.25) is 23.6 Å². The Hall–Kier alpha value is -6.17. The number of H-pyrrole nitrogens is 1. The van der Waals surface area contributed by atoms with Crippen molar-refractivity contribution in [3.63, 3.8) is 0 Å². The maximum Gasteiger partial charge on any atom is 0.330 e. The van der Waals surface area contributed by atoms with Gasteiger partial charge in [-0.25, -0.2) is 4.79 Å². The van der Waals surface area contributed by atoms with E-state index in [1.807, 2.05) is 0 Å². The predicted octanol–water partition coefficient (Wildman–Crippen LogP) is -3.33. The number of aliphatic hydroxyl groups is 2. The number of rotatable bonds is 24. The van der Waals surface area contributed by atoms with Crippen molar-refractivity contribution in [3.05, 3.63) is 62.4 Å². The molecule has 3 rings (SSSR count). The second-order valence-electron chi connectivity index (χ2n) is 14.9. The van der Waals surface area contributed by atoms with Crippen LogP contribution in [-0.2, 0) is 44.7 Å². The zero-order valence-corrected chi connectivity index (χ0v) is 34.8. The number of phenolic OH excluding ortho intramolecular Hbond substituents is 1. The molecule has 2 aromatic rings. The number of amides is 4. The van der Waals surface area contributed by atoms with Crippen LogP contribution >= 0.6 is 0 Å². The topological polar surface area (TPSA) is 375 Å². The van der Waals surface area contributed by atoms with Crippen molar-refractivity contribution in [3.8, 4) is 5.75 Å². The van der Waals surface area contributed by atoms with Gasteiger partial charge in [0.05, 0.1) is 25.2 Å². The maximum absolute atomic E-state index is 13.3. The zero-order chi connectivity index (χ0) is 46.1. The fourth-order valence-electron chi connectivity index (χ4n) is 6.26. The summed E-state index contributed by atoms with van der Waals surface area (Å²) >= 11 is 0. The van der Waals surface area contributed by atoms with Gasteiger partial charge >= 0.3 is 11.7 Å². The van der Waals surface area contributed by atoms with Crippen molar-refractivity contribution in [1.82, 2.24) is 30.8 Å². The molecule has 4 amide bonds. The van der Waals surface area contributed by atoms with Gasteiger partial charge in [-0.3, -0.25) is 48.1 Å². The van der Waals surface area contributed by atoms with E-state index < -0.39 is 103 Å². The first-order chi connectivity index (χ1) is 29.3. The Balaban J connectivity index is 1.54. The Bertz CT molecular complexity index is 2020. The molecule has 0 radical (unpaired) electrons. The van der Waals surface area contributed by atoms with Crippen LogP contribution in [0.2, 0.25) is 0 Å². The first-order valence-corrected chi connectivity index (χ1v) is 20.1. The third kappa shape index (κ3) is 15.7. The molecule has 0 saturated carbocycles. The number of nitrogens with zero attached hydrogens (tertiary/aromatic N) is 2. The van der Waals surface area contributed by atoms with Crippen molar-refractivity contribution in [2.75, 3.05) is 19.7 Å². The smallest absolute Gasteiger partial charge is 0.330 e. The third-order valence-electron chi connectivity index (χ3n) is 10.0. The number of aromatic nitrogens is 2. The standard InChI is InChI=1S/C39H58N10O13/c1-4-20(2)32(47-34(56)24(40)15-22-10-12-23(51)13-11-22)36(58)44-17-29(53)45-26(19-50)35(57)46-25(7-6-14-43-38(41)42)27(52)8-5-9-31(54)61-28-16-30(62-37(28)59)49-18-21(3)33(55)48-39(49)60/h10-13,18,20,24-26,28,30,32,37,50-51,59H,4-9,14-17,19,40H2,1-3H3,(H,44,58)(H,45,53)(H,46,57)(H,47,56)(H4,41,42,43)(H,48,55,60)/t20-,24-,25-,26-,28-,30+,32-,37-/m0/s1. The fraction of sp³-hybridized carbons (Fsp3) is 0.564. The molecule has 0 unspecified atom stereocenters. The molecule has 62 heavy (non-hydrogen) atoms. The summed E-state index contributed by atoms with van der Waals surface area (Å²) in [7, 11) is 0. The molecule has 14 N–H and O–H groups in total. The average molecular weight is 875 g/mol. The van der Waals surface area contributed by atoms with E-state index in [9.17, 15) is 53.7 Å². The van der Waals surface area contributed by atoms with Crippen molar-refractivity contribution in [2.24, 2.45) is 28.1 Å². The molecule has 8 atom stereocenters. The van der Waals surface area contributed by atoms with E-state index in [0.29, 0.717) is 12.0 Å². The lowest BCUT2D eigenvalue weighted by molar-refractivity contribution is -0.173. The van der Waals surface area contributed by atoms with Crippen molar-refractivity contribution >= 4 is 41.3 Å². The van der Waals surface area contributed by atoms with Crippen molar-refractivity contribution in [1.29, 1.82) is 0 Å². The number of hydrogen-bond acceptors (Lipinski definition) is 15. The van der Waals surface area contributed by atoms with Crippen LogP contribution in [0.5, 0.6) is 5.75 Å². The molecule has 1 aromatic heterocycles. The number of aromatic amines is 1. The van der Waals surface area contributed by atoms with Gasteiger partial charge in [0.15, 0.2) is 24.1 Å². The minimum absolute atomic E-state index is 0.0336. The van der Waals surface area contributed by atoms with E-state index in [0.717, 1.165) is 4.57 Å². The summed E-state index contributed by atoms with van der Waals surface area (Å²) in [6, 6.07) is 1.31. The highest BCUT2D eigenvalue weighted by Gasteiger charge is 2.38. The predicted molar refractivity (Wildman–Crippen MR) is 221 cm³/mol. The number of ether oxygens (including phenoxy) is 2. The Morgan fingerprint density at radius 3 is 2.34 bits per heavy atom. The number of carbonyl (C=O) groups is 6. The number of aryl methyl sites for hydroxylation is 1. The van der Waals surface area contributed by atoms with E-state index in [1.54, 1.807) is 26.0 Å². The van der Waals surface area contributed by atoms with Gasteiger partial charge < -0.3 is 63.3 Å². The number of aliphatic imine (C=N–C) groups is 1. The Labute approximate surface area is 356 Å². The first kappa shape index (κ1) is 50.2. The zero-order valence-electron chi connectivity index (χ0n) is 34.8. The van der Waals surface area contributed by atoms with Gasteiger partial charge in [-0.05, 0) is 56.2 Å². The van der Waals surface area contributed by atoms with Gasteiger partial charge in [0, 0.05) is 37.6 Å². The van der Waals surface area contributed by atoms with Crippen molar-refractivity contribution < 1.29 is 53.6 Å². The van der Waals surface area contributed by atoms with Gasteiger partial charge in [-0.1, -0.05) is 32.4 Å². The van der Waals surface area contributed by atoms with Crippen LogP contribution < -0.4 is 49.7 Å². The average Bonchev–Trinajstić information content (AvgIpc) is 3.59. The second kappa shape index (κ2) is 24.3. The number of nitrogens with two attached hydrogens (primary N) is 3. The minimum atomic E-state index is -1.58. The van der Waals surface area contributed by atoms with E-state index in [1.165, 1.54) is 25.3 Å². The van der Waals surface area contributed by atoms with Crippen LogP contribution in [0.15, 0.2) is 45.0 Å². The summed E-state index contributed by atoms with van der Waals surface area (Å²) in [4.78, 5) is 108. The number of phenols is 1. The third-order valence-corrected chi connectivity index (χ3v) is 10.0. The number of nitrogens with one attached hydrogen (secondary N) is 5. The maximum atomic E-state index is 13.3. The molecule has 23 nitrogen and oxygen atoms in total. The Morgan fingerprint density at radius 1 is 1.00 bits per heavy atom. The highest BCUT2D eigenvalue weighted by Crippen LogP contribution is 2.29. The lowest BCUT2D eigenvalue weighted by Crippen LogP contribution is -2.57. The van der Waals surface area contributed by atoms with E-state index in [2.05, 4.69) is 31.2 Å². The molecule has 2 heterocycles. The number of guanidine groups is 1. The number of esters is 1. The summed E-state index contributed by atoms with van der Waals surface area (Å²) in [6.45, 7) is 3.58. The lowest BCUT2D eigenvalue weighted by atomic mass is 9.97. The van der Waals surface area contributed by atoms with Crippen LogP contribution in [0.25, 0.3) is 0 Å². The molecule has 1 saturated heterocycles. The molecular formula is C39H58N10O13. The van der Waals surface area contributed by atoms with E-state index in [-0.39, 0.29) is 74.7 Å². The Morgan fingerprint density at radius 2 is 1.69 bits per heavy atom. The highest BCUT2D eigenvalue weighted by atomic mass is 16.7. The molecular weight excluding hydrogens is 816 g/mol. The largest absolute Gasteiger partial charge is 0.508 e. The van der Waals surface area contributed by atoms with Gasteiger partial charge in [0.25, 0.3) is 5.56 Å². The molecule has 0 bridgehead atoms. The molecule has 1 aromatic carbocycles. The minimum Gasteiger partial charge on any atom is -0.508 e. The molecule has 1 aliphatic rings. The normalized spacial score (nSPS) is 18.3. The summed E-state index contributed by atoms with van der Waals surface area (Å²) in [5, 5.41) is 39.7. The van der Waals surface area contributed by atoms with Gasteiger partial charge in [-0.15, -0.1) is 0 Å². The summed E-state index contributed by atoms with van der Waals surface area (Å²) < 4.78 is 11.8. The molecule has 0 aliphatic carbocycles. The number of aromatic hydroxyl groups is 1. The molecule has 0 spiro atoms. The SMILES string of the molecule is CC[C@H](C)[C@H](NC(=O)[C@@H](N)Cc1ccc(O)cc1)C(=O)NCC(=O)N[C@@H](CO)C(=O)N[C@@H](CCCN=C(N)N)C(=O)CCCC(=O)O[C@H]1C[C@H](n2cc(C)c(=O)[nH]c2=O)O[C@@H]1O. The van der Waals surface area contributed by atoms with Crippen LogP contribution in [0, 0.1) is 12.8 Å². The van der Waals surface area contributed by atoms with Crippen LogP contribution in [0.4, 0.5) is 0 Å². The van der Waals surface area contributed by atoms with Gasteiger partial charge in [0.1, 0.15) is 24.1 Å². The molecule has 1 fully saturated rings. The number of Topliss-reactive ketones (excluding diaryl/α,β-unsaturated/α-hetero) is 1. The van der Waals surface area contributed by atoms with Crippen LogP contribution in [-0.4, -0.2) is 122 Å². The quantitative estimate of drug-likeness (QED) is 0.0213.